The highest BCUT2D eigenvalue weighted by molar-refractivity contribution is 6.14. The smallest absolute Gasteiger partial charge is 0.0582 e. The van der Waals surface area contributed by atoms with Crippen molar-refractivity contribution in [3.8, 4) is 16.8 Å². The number of nitrogens with zero attached hydrogens (tertiary/aromatic N) is 2. The lowest BCUT2D eigenvalue weighted by atomic mass is 9.75. The molecule has 0 spiro atoms. The van der Waals surface area contributed by atoms with Crippen molar-refractivity contribution in [2.45, 2.75) is 51.4 Å². The Morgan fingerprint density at radius 3 is 2.02 bits per heavy atom. The Balaban J connectivity index is 1.07. The van der Waals surface area contributed by atoms with Gasteiger partial charge in [-0.25, -0.2) is 0 Å². The van der Waals surface area contributed by atoms with Crippen LogP contribution in [-0.4, -0.2) is 4.57 Å². The van der Waals surface area contributed by atoms with Gasteiger partial charge < -0.3 is 9.47 Å². The second-order valence-corrected chi connectivity index (χ2v) is 17.6. The Hall–Kier alpha value is -6.64. The molecule has 58 heavy (non-hydrogen) atoms. The van der Waals surface area contributed by atoms with Crippen molar-refractivity contribution in [1.82, 2.24) is 4.57 Å². The van der Waals surface area contributed by atoms with Gasteiger partial charge in [0.05, 0.1) is 28.1 Å². The summed E-state index contributed by atoms with van der Waals surface area (Å²) in [4.78, 5) is 2.59. The molecule has 12 rings (SSSR count). The minimum absolute atomic E-state index is 0.0617. The maximum absolute atomic E-state index is 2.59. The molecule has 1 aliphatic heterocycles. The van der Waals surface area contributed by atoms with Crippen molar-refractivity contribution in [1.29, 1.82) is 0 Å². The van der Waals surface area contributed by atoms with Crippen LogP contribution < -0.4 is 4.90 Å². The van der Waals surface area contributed by atoms with Gasteiger partial charge in [-0.1, -0.05) is 161 Å². The van der Waals surface area contributed by atoms with Crippen LogP contribution in [0.4, 0.5) is 11.4 Å². The van der Waals surface area contributed by atoms with Gasteiger partial charge in [0.25, 0.3) is 0 Å². The van der Waals surface area contributed by atoms with Crippen LogP contribution in [0.15, 0.2) is 181 Å². The fourth-order valence-electron chi connectivity index (χ4n) is 11.1. The van der Waals surface area contributed by atoms with Crippen LogP contribution in [0.3, 0.4) is 0 Å². The quantitative estimate of drug-likeness (QED) is 0.174. The van der Waals surface area contributed by atoms with Gasteiger partial charge in [0.15, 0.2) is 0 Å². The molecule has 0 bridgehead atoms. The Kier molecular flexibility index (Phi) is 6.90. The van der Waals surface area contributed by atoms with Crippen molar-refractivity contribution >= 4 is 60.3 Å². The Morgan fingerprint density at radius 2 is 1.12 bits per heavy atom. The summed E-state index contributed by atoms with van der Waals surface area (Å²) in [6.07, 6.45) is 4.52. The maximum atomic E-state index is 2.59. The highest BCUT2D eigenvalue weighted by Crippen LogP contribution is 2.53. The first-order valence-corrected chi connectivity index (χ1v) is 20.8. The topological polar surface area (TPSA) is 8.17 Å². The number of benzene rings is 8. The van der Waals surface area contributed by atoms with Crippen LogP contribution in [0.25, 0.3) is 65.7 Å². The Morgan fingerprint density at radius 1 is 0.483 bits per heavy atom. The summed E-state index contributed by atoms with van der Waals surface area (Å²) in [6, 6.07) is 61.5. The largest absolute Gasteiger partial charge is 0.313 e. The van der Waals surface area contributed by atoms with Crippen LogP contribution >= 0.6 is 0 Å². The molecule has 0 radical (unpaired) electrons. The second kappa shape index (κ2) is 11.9. The van der Waals surface area contributed by atoms with Crippen molar-refractivity contribution in [2.75, 3.05) is 4.90 Å². The monoisotopic (exact) mass is 744 g/mol. The van der Waals surface area contributed by atoms with E-state index in [1.54, 1.807) is 0 Å². The fourth-order valence-corrected chi connectivity index (χ4v) is 11.1. The highest BCUT2D eigenvalue weighted by Gasteiger charge is 2.39. The van der Waals surface area contributed by atoms with Gasteiger partial charge >= 0.3 is 0 Å². The molecule has 9 aromatic rings. The highest BCUT2D eigenvalue weighted by atomic mass is 15.2. The molecule has 2 aliphatic carbocycles. The summed E-state index contributed by atoms with van der Waals surface area (Å²) in [5.41, 5.74) is 18.6. The Bertz CT molecular complexity index is 3290. The summed E-state index contributed by atoms with van der Waals surface area (Å²) in [5, 5.41) is 7.63. The molecule has 0 atom stereocenters. The maximum Gasteiger partial charge on any atom is 0.0582 e. The number of para-hydroxylation sites is 2. The number of rotatable bonds is 4. The molecule has 0 saturated carbocycles. The van der Waals surface area contributed by atoms with E-state index in [-0.39, 0.29) is 10.8 Å². The van der Waals surface area contributed by atoms with E-state index in [0.29, 0.717) is 0 Å². The molecule has 8 aromatic carbocycles. The van der Waals surface area contributed by atoms with Gasteiger partial charge in [-0.2, -0.15) is 0 Å². The van der Waals surface area contributed by atoms with E-state index < -0.39 is 0 Å². The summed E-state index contributed by atoms with van der Waals surface area (Å²) < 4.78 is 2.51. The molecule has 3 aliphatic rings. The van der Waals surface area contributed by atoms with Crippen LogP contribution in [-0.2, 0) is 10.8 Å². The van der Waals surface area contributed by atoms with Gasteiger partial charge in [0.2, 0.25) is 0 Å². The third-order valence-corrected chi connectivity index (χ3v) is 13.9. The number of aromatic nitrogens is 1. The minimum Gasteiger partial charge on any atom is -0.313 e. The first-order chi connectivity index (χ1) is 28.3. The van der Waals surface area contributed by atoms with Crippen LogP contribution in [0, 0.1) is 0 Å². The van der Waals surface area contributed by atoms with Crippen molar-refractivity contribution < 1.29 is 0 Å². The molecule has 2 nitrogen and oxygen atoms in total. The first-order valence-electron chi connectivity index (χ1n) is 20.8. The SMILES string of the molecule is CC1(C)C2=C(CCC(N(c3cccc4ccccc34)c3cccc4c(-c5ccc6c(c5)c5cccc7c5n6-c5ccccc5C7(C)C)cccc34)=C2)c2ccccc21. The number of hydrogen-bond acceptors (Lipinski definition) is 1. The third-order valence-electron chi connectivity index (χ3n) is 13.9. The Labute approximate surface area is 340 Å². The van der Waals surface area contributed by atoms with Gasteiger partial charge in [-0.15, -0.1) is 0 Å². The molecule has 0 saturated heterocycles. The van der Waals surface area contributed by atoms with Crippen molar-refractivity contribution in [2.24, 2.45) is 0 Å². The number of allylic oxidation sites excluding steroid dienone is 4. The average molecular weight is 745 g/mol. The first kappa shape index (κ1) is 33.5. The molecular formula is C56H44N2. The van der Waals surface area contributed by atoms with E-state index >= 15 is 0 Å². The lowest BCUT2D eigenvalue weighted by Gasteiger charge is -2.34. The van der Waals surface area contributed by atoms with E-state index in [0.717, 1.165) is 12.8 Å². The van der Waals surface area contributed by atoms with Gasteiger partial charge in [-0.05, 0) is 105 Å². The summed E-state index contributed by atoms with van der Waals surface area (Å²) in [7, 11) is 0. The average Bonchev–Trinajstić information content (AvgIpc) is 3.71. The lowest BCUT2D eigenvalue weighted by molar-refractivity contribution is 0.630. The number of hydrogen-bond donors (Lipinski definition) is 0. The predicted molar refractivity (Wildman–Crippen MR) is 246 cm³/mol. The zero-order valence-corrected chi connectivity index (χ0v) is 33.5. The summed E-state index contributed by atoms with van der Waals surface area (Å²) >= 11 is 0. The van der Waals surface area contributed by atoms with Crippen molar-refractivity contribution in [3.63, 3.8) is 0 Å². The molecule has 2 heteroatoms. The standard InChI is InChI=1S/C56H44N2/c1-55(2)46-23-8-7-18-41(46)42-31-30-37(34-49(42)55)57(50-27-11-16-35-15-5-6-17-39(35)50)51-28-14-20-40-38(19-12-21-43(40)51)36-29-32-52-45(33-36)44-22-13-25-48-54(44)58(52)53-26-10-9-24-47(53)56(48,3)4/h5-29,32-34H,30-31H2,1-4H3. The molecular weight excluding hydrogens is 701 g/mol. The van der Waals surface area contributed by atoms with Crippen LogP contribution in [0.5, 0.6) is 0 Å². The van der Waals surface area contributed by atoms with E-state index in [1.165, 1.54) is 111 Å². The second-order valence-electron chi connectivity index (χ2n) is 17.6. The minimum atomic E-state index is -0.0886. The summed E-state index contributed by atoms with van der Waals surface area (Å²) in [6.45, 7) is 9.54. The van der Waals surface area contributed by atoms with E-state index in [9.17, 15) is 0 Å². The normalized spacial score (nSPS) is 16.1. The molecule has 0 fully saturated rings. The van der Waals surface area contributed by atoms with E-state index in [4.69, 9.17) is 0 Å². The number of anilines is 2. The molecule has 2 heterocycles. The molecule has 278 valence electrons. The van der Waals surface area contributed by atoms with Gasteiger partial charge in [0, 0.05) is 38.1 Å². The zero-order chi connectivity index (χ0) is 38.9. The molecule has 0 unspecified atom stereocenters. The third kappa shape index (κ3) is 4.49. The molecule has 0 N–H and O–H groups in total. The van der Waals surface area contributed by atoms with Gasteiger partial charge in [0.1, 0.15) is 0 Å². The fraction of sp³-hybridized carbons (Fsp3) is 0.143. The van der Waals surface area contributed by atoms with E-state index in [1.807, 2.05) is 0 Å². The van der Waals surface area contributed by atoms with E-state index in [2.05, 4.69) is 207 Å². The molecule has 1 aromatic heterocycles. The van der Waals surface area contributed by atoms with Crippen LogP contribution in [0.2, 0.25) is 0 Å². The zero-order valence-electron chi connectivity index (χ0n) is 33.5. The predicted octanol–water partition coefficient (Wildman–Crippen LogP) is 15.0. The van der Waals surface area contributed by atoms with Crippen molar-refractivity contribution in [3.05, 3.63) is 203 Å². The number of fused-ring (bicyclic) bond motifs is 9. The molecule has 0 amide bonds. The lowest BCUT2D eigenvalue weighted by Crippen LogP contribution is -2.26. The summed E-state index contributed by atoms with van der Waals surface area (Å²) in [5.74, 6) is 0. The van der Waals surface area contributed by atoms with Crippen LogP contribution in [0.1, 0.15) is 62.8 Å². The van der Waals surface area contributed by atoms with Gasteiger partial charge in [-0.3, -0.25) is 0 Å².